The van der Waals surface area contributed by atoms with Crippen LogP contribution in [0.2, 0.25) is 10.0 Å². The van der Waals surface area contributed by atoms with Crippen molar-refractivity contribution in [3.8, 4) is 0 Å². The van der Waals surface area contributed by atoms with Gasteiger partial charge in [0.2, 0.25) is 0 Å². The third-order valence-corrected chi connectivity index (χ3v) is 4.47. The number of benzene rings is 2. The molecule has 0 saturated carbocycles. The second kappa shape index (κ2) is 7.63. The Bertz CT molecular complexity index is 780. The van der Waals surface area contributed by atoms with Crippen LogP contribution in [0.3, 0.4) is 0 Å². The van der Waals surface area contributed by atoms with E-state index in [9.17, 15) is 0 Å². The zero-order valence-electron chi connectivity index (χ0n) is 12.4. The summed E-state index contributed by atoms with van der Waals surface area (Å²) in [7, 11) is 2.03. The maximum Gasteiger partial charge on any atom is 0.0554 e. The smallest absolute Gasteiger partial charge is 0.0554 e. The largest absolute Gasteiger partial charge is 0.375 e. The number of allylic oxidation sites excluding steroid dienone is 2. The fourth-order valence-electron chi connectivity index (χ4n) is 2.56. The van der Waals surface area contributed by atoms with Crippen LogP contribution in [0.4, 0.5) is 0 Å². The van der Waals surface area contributed by atoms with Crippen molar-refractivity contribution >= 4 is 58.4 Å². The zero-order chi connectivity index (χ0) is 15.7. The van der Waals surface area contributed by atoms with Gasteiger partial charge in [0.25, 0.3) is 0 Å². The van der Waals surface area contributed by atoms with Gasteiger partial charge in [-0.3, -0.25) is 0 Å². The lowest BCUT2D eigenvalue weighted by Crippen LogP contribution is -2.19. The van der Waals surface area contributed by atoms with Crippen LogP contribution in [0, 0.1) is 0 Å². The van der Waals surface area contributed by atoms with Crippen molar-refractivity contribution in [2.24, 2.45) is 0 Å². The first kappa shape index (κ1) is 18.2. The highest BCUT2D eigenvalue weighted by Crippen LogP contribution is 2.37. The predicted octanol–water partition coefficient (Wildman–Crippen LogP) is 6.35. The molecule has 1 aliphatic rings. The van der Waals surface area contributed by atoms with E-state index in [1.54, 1.807) is 0 Å². The zero-order valence-corrected chi connectivity index (χ0v) is 15.5. The van der Waals surface area contributed by atoms with Crippen LogP contribution in [-0.4, -0.2) is 18.5 Å². The standard InChI is InChI=1S/C18H14Cl3N.ClH/c1-22-10-16(12-4-2-6-14(19)8-12)18(21)17(11-22)13-5-3-7-15(20)9-13;/h2-10H,11H2,1H3;1H. The molecular formula is C18H15Cl4N. The SMILES string of the molecule is CN1C=C(c2cccc(Cl)c2)C(Cl)=C(c2cccc(Cl)c2)C1.Cl. The van der Waals surface area contributed by atoms with Crippen LogP contribution in [0.5, 0.6) is 0 Å². The second-order valence-corrected chi connectivity index (χ2v) is 6.52. The summed E-state index contributed by atoms with van der Waals surface area (Å²) in [6, 6.07) is 15.5. The van der Waals surface area contributed by atoms with Crippen LogP contribution >= 0.6 is 47.2 Å². The van der Waals surface area contributed by atoms with Crippen molar-refractivity contribution in [3.05, 3.63) is 80.9 Å². The lowest BCUT2D eigenvalue weighted by Gasteiger charge is -2.26. The van der Waals surface area contributed by atoms with Crippen molar-refractivity contribution in [2.75, 3.05) is 13.6 Å². The van der Waals surface area contributed by atoms with Crippen molar-refractivity contribution in [1.29, 1.82) is 0 Å². The molecule has 0 amide bonds. The number of halogens is 4. The molecule has 0 saturated heterocycles. The molecule has 0 spiro atoms. The summed E-state index contributed by atoms with van der Waals surface area (Å²) in [4.78, 5) is 2.11. The normalized spacial score (nSPS) is 14.4. The minimum atomic E-state index is 0. The van der Waals surface area contributed by atoms with Crippen LogP contribution in [-0.2, 0) is 0 Å². The molecule has 3 rings (SSSR count). The Labute approximate surface area is 157 Å². The van der Waals surface area contributed by atoms with E-state index in [0.717, 1.165) is 33.9 Å². The minimum absolute atomic E-state index is 0. The van der Waals surface area contributed by atoms with E-state index in [4.69, 9.17) is 34.8 Å². The van der Waals surface area contributed by atoms with E-state index in [2.05, 4.69) is 4.90 Å². The summed E-state index contributed by atoms with van der Waals surface area (Å²) in [5.74, 6) is 0. The van der Waals surface area contributed by atoms with Crippen molar-refractivity contribution < 1.29 is 0 Å². The molecule has 0 aromatic heterocycles. The van der Waals surface area contributed by atoms with Gasteiger partial charge >= 0.3 is 0 Å². The molecule has 0 radical (unpaired) electrons. The molecule has 1 heterocycles. The number of hydrogen-bond acceptors (Lipinski definition) is 1. The molecule has 1 aliphatic heterocycles. The summed E-state index contributed by atoms with van der Waals surface area (Å²) < 4.78 is 0. The lowest BCUT2D eigenvalue weighted by molar-refractivity contribution is 0.514. The van der Waals surface area contributed by atoms with Crippen molar-refractivity contribution in [3.63, 3.8) is 0 Å². The minimum Gasteiger partial charge on any atom is -0.375 e. The molecule has 0 N–H and O–H groups in total. The van der Waals surface area contributed by atoms with Gasteiger partial charge in [-0.2, -0.15) is 0 Å². The van der Waals surface area contributed by atoms with Gasteiger partial charge in [0.1, 0.15) is 0 Å². The summed E-state index contributed by atoms with van der Waals surface area (Å²) in [5, 5.41) is 2.14. The van der Waals surface area contributed by atoms with E-state index in [0.29, 0.717) is 10.0 Å². The maximum absolute atomic E-state index is 6.69. The molecule has 2 aromatic rings. The molecule has 2 aromatic carbocycles. The topological polar surface area (TPSA) is 3.24 Å². The first-order chi connectivity index (χ1) is 10.5. The van der Waals surface area contributed by atoms with E-state index in [1.165, 1.54) is 0 Å². The van der Waals surface area contributed by atoms with Gasteiger partial charge in [-0.15, -0.1) is 12.4 Å². The van der Waals surface area contributed by atoms with Gasteiger partial charge < -0.3 is 4.90 Å². The maximum atomic E-state index is 6.69. The highest BCUT2D eigenvalue weighted by atomic mass is 35.5. The number of likely N-dealkylation sites (N-methyl/N-ethyl adjacent to an activating group) is 1. The molecule has 0 aliphatic carbocycles. The van der Waals surface area contributed by atoms with E-state index in [1.807, 2.05) is 61.8 Å². The molecule has 120 valence electrons. The van der Waals surface area contributed by atoms with E-state index >= 15 is 0 Å². The van der Waals surface area contributed by atoms with Gasteiger partial charge in [0.15, 0.2) is 0 Å². The Morgan fingerprint density at radius 2 is 1.43 bits per heavy atom. The average molecular weight is 387 g/mol. The Hall–Kier alpha value is -1.12. The highest BCUT2D eigenvalue weighted by Gasteiger charge is 2.20. The molecule has 0 fully saturated rings. The first-order valence-corrected chi connectivity index (χ1v) is 8.01. The molecule has 23 heavy (non-hydrogen) atoms. The summed E-state index contributed by atoms with van der Waals surface area (Å²) in [5.41, 5.74) is 4.07. The quantitative estimate of drug-likeness (QED) is 0.580. The Kier molecular flexibility index (Phi) is 6.05. The summed E-state index contributed by atoms with van der Waals surface area (Å²) >= 11 is 18.9. The van der Waals surface area contributed by atoms with Crippen LogP contribution < -0.4 is 0 Å². The van der Waals surface area contributed by atoms with Crippen molar-refractivity contribution in [1.82, 2.24) is 4.90 Å². The third-order valence-electron chi connectivity index (χ3n) is 3.57. The van der Waals surface area contributed by atoms with E-state index in [-0.39, 0.29) is 12.4 Å². The Balaban J connectivity index is 0.00000192. The molecule has 0 unspecified atom stereocenters. The van der Waals surface area contributed by atoms with Crippen LogP contribution in [0.25, 0.3) is 11.1 Å². The molecule has 0 atom stereocenters. The Morgan fingerprint density at radius 3 is 2.04 bits per heavy atom. The second-order valence-electron chi connectivity index (χ2n) is 5.27. The molecule has 0 bridgehead atoms. The number of hydrogen-bond donors (Lipinski definition) is 0. The molecule has 5 heteroatoms. The number of nitrogens with zero attached hydrogens (tertiary/aromatic N) is 1. The Morgan fingerprint density at radius 1 is 0.870 bits per heavy atom. The fraction of sp³-hybridized carbons (Fsp3) is 0.111. The van der Waals surface area contributed by atoms with Crippen LogP contribution in [0.15, 0.2) is 59.8 Å². The fourth-order valence-corrected chi connectivity index (χ4v) is 3.26. The monoisotopic (exact) mass is 385 g/mol. The average Bonchev–Trinajstić information content (AvgIpc) is 2.49. The number of rotatable bonds is 2. The lowest BCUT2D eigenvalue weighted by atomic mass is 9.96. The van der Waals surface area contributed by atoms with Gasteiger partial charge in [-0.1, -0.05) is 59.1 Å². The molecule has 1 nitrogen and oxygen atoms in total. The van der Waals surface area contributed by atoms with Crippen molar-refractivity contribution in [2.45, 2.75) is 0 Å². The van der Waals surface area contributed by atoms with Gasteiger partial charge in [-0.05, 0) is 41.0 Å². The van der Waals surface area contributed by atoms with Gasteiger partial charge in [0.05, 0.1) is 5.03 Å². The summed E-state index contributed by atoms with van der Waals surface area (Å²) in [6.07, 6.45) is 2.04. The van der Waals surface area contributed by atoms with E-state index < -0.39 is 0 Å². The molecular weight excluding hydrogens is 372 g/mol. The van der Waals surface area contributed by atoms with Crippen LogP contribution in [0.1, 0.15) is 11.1 Å². The summed E-state index contributed by atoms with van der Waals surface area (Å²) in [6.45, 7) is 0.739. The predicted molar refractivity (Wildman–Crippen MR) is 104 cm³/mol. The highest BCUT2D eigenvalue weighted by molar-refractivity contribution is 6.40. The third kappa shape index (κ3) is 4.05. The van der Waals surface area contributed by atoms with Gasteiger partial charge in [-0.25, -0.2) is 0 Å². The van der Waals surface area contributed by atoms with Gasteiger partial charge in [0, 0.05) is 35.4 Å². The first-order valence-electron chi connectivity index (χ1n) is 6.87.